The van der Waals surface area contributed by atoms with Crippen LogP contribution in [0.3, 0.4) is 0 Å². The second kappa shape index (κ2) is 20.4. The molecule has 2 heteroatoms. The first-order chi connectivity index (χ1) is 11.8. The normalized spacial score (nSPS) is 12.2. The first-order valence-electron chi connectivity index (χ1n) is 10.3. The molecule has 0 aromatic carbocycles. The maximum absolute atomic E-state index is 5.61. The molecule has 0 atom stereocenters. The lowest BCUT2D eigenvalue weighted by molar-refractivity contribution is 0.114. The van der Waals surface area contributed by atoms with Gasteiger partial charge in [-0.15, -0.1) is 0 Å². The van der Waals surface area contributed by atoms with E-state index in [0.717, 1.165) is 26.2 Å². The van der Waals surface area contributed by atoms with Crippen LogP contribution in [0.2, 0.25) is 0 Å². The van der Waals surface area contributed by atoms with Gasteiger partial charge >= 0.3 is 0 Å². The molecule has 0 heterocycles. The van der Waals surface area contributed by atoms with Gasteiger partial charge in [-0.25, -0.2) is 0 Å². The summed E-state index contributed by atoms with van der Waals surface area (Å²) in [6, 6.07) is 0. The van der Waals surface area contributed by atoms with E-state index in [0.29, 0.717) is 0 Å². The molecular formula is C22H43NO. The van der Waals surface area contributed by atoms with Crippen molar-refractivity contribution < 1.29 is 4.74 Å². The zero-order chi connectivity index (χ0) is 17.7. The van der Waals surface area contributed by atoms with Crippen molar-refractivity contribution in [2.45, 2.75) is 84.0 Å². The molecule has 0 aromatic rings. The molecule has 0 spiro atoms. The highest BCUT2D eigenvalue weighted by molar-refractivity contribution is 4.92. The van der Waals surface area contributed by atoms with Gasteiger partial charge < -0.3 is 9.64 Å². The minimum absolute atomic E-state index is 0.868. The summed E-state index contributed by atoms with van der Waals surface area (Å²) in [5, 5.41) is 0. The zero-order valence-corrected chi connectivity index (χ0v) is 16.8. The SMILES string of the molecule is CCCCC/C=C\C/C=C\CCCCCCCCOCCN(C)C. The van der Waals surface area contributed by atoms with E-state index in [1.54, 1.807) is 0 Å². The van der Waals surface area contributed by atoms with Crippen molar-refractivity contribution in [3.8, 4) is 0 Å². The van der Waals surface area contributed by atoms with Crippen molar-refractivity contribution in [3.05, 3.63) is 24.3 Å². The highest BCUT2D eigenvalue weighted by Gasteiger charge is 1.93. The third-order valence-corrected chi connectivity index (χ3v) is 4.17. The standard InChI is InChI=1S/C22H43NO/c1-4-5-6-7-8-9-10-11-12-13-14-15-16-17-18-19-21-24-22-20-23(2)3/h8-9,11-12H,4-7,10,13-22H2,1-3H3/b9-8-,12-11-. The molecule has 0 bridgehead atoms. The van der Waals surface area contributed by atoms with Gasteiger partial charge in [0, 0.05) is 13.2 Å². The van der Waals surface area contributed by atoms with Gasteiger partial charge in [-0.05, 0) is 52.6 Å². The van der Waals surface area contributed by atoms with Crippen molar-refractivity contribution in [1.82, 2.24) is 4.90 Å². The molecule has 24 heavy (non-hydrogen) atoms. The summed E-state index contributed by atoms with van der Waals surface area (Å²) < 4.78 is 5.61. The minimum Gasteiger partial charge on any atom is -0.380 e. The average Bonchev–Trinajstić information content (AvgIpc) is 2.56. The largest absolute Gasteiger partial charge is 0.380 e. The molecule has 0 N–H and O–H groups in total. The summed E-state index contributed by atoms with van der Waals surface area (Å²) in [4.78, 5) is 2.17. The first-order valence-corrected chi connectivity index (χ1v) is 10.3. The van der Waals surface area contributed by atoms with E-state index >= 15 is 0 Å². The molecule has 0 aromatic heterocycles. The molecular weight excluding hydrogens is 294 g/mol. The van der Waals surface area contributed by atoms with Crippen molar-refractivity contribution in [1.29, 1.82) is 0 Å². The molecule has 0 saturated heterocycles. The fourth-order valence-electron chi connectivity index (χ4n) is 2.54. The van der Waals surface area contributed by atoms with Gasteiger partial charge in [-0.2, -0.15) is 0 Å². The second-order valence-electron chi connectivity index (χ2n) is 7.00. The number of hydrogen-bond acceptors (Lipinski definition) is 2. The highest BCUT2D eigenvalue weighted by Crippen LogP contribution is 2.08. The Bertz CT molecular complexity index is 284. The van der Waals surface area contributed by atoms with Gasteiger partial charge in [0.1, 0.15) is 0 Å². The van der Waals surface area contributed by atoms with Crippen molar-refractivity contribution in [2.24, 2.45) is 0 Å². The number of nitrogens with zero attached hydrogens (tertiary/aromatic N) is 1. The fraction of sp³-hybridized carbons (Fsp3) is 0.818. The van der Waals surface area contributed by atoms with E-state index in [-0.39, 0.29) is 0 Å². The summed E-state index contributed by atoms with van der Waals surface area (Å²) in [6.07, 6.45) is 25.0. The maximum atomic E-state index is 5.61. The number of allylic oxidation sites excluding steroid dienone is 4. The number of hydrogen-bond donors (Lipinski definition) is 0. The van der Waals surface area contributed by atoms with Gasteiger partial charge in [0.05, 0.1) is 6.61 Å². The van der Waals surface area contributed by atoms with Crippen LogP contribution in [0.4, 0.5) is 0 Å². The molecule has 0 saturated carbocycles. The van der Waals surface area contributed by atoms with Crippen LogP contribution < -0.4 is 0 Å². The average molecular weight is 338 g/mol. The molecule has 0 aliphatic heterocycles. The van der Waals surface area contributed by atoms with E-state index in [1.807, 2.05) is 0 Å². The Kier molecular flexibility index (Phi) is 19.9. The Morgan fingerprint density at radius 2 is 1.25 bits per heavy atom. The van der Waals surface area contributed by atoms with E-state index in [2.05, 4.69) is 50.2 Å². The second-order valence-corrected chi connectivity index (χ2v) is 7.00. The molecule has 0 radical (unpaired) electrons. The maximum Gasteiger partial charge on any atom is 0.0593 e. The van der Waals surface area contributed by atoms with Crippen LogP contribution in [-0.2, 0) is 4.74 Å². The van der Waals surface area contributed by atoms with Gasteiger partial charge in [-0.3, -0.25) is 0 Å². The fourth-order valence-corrected chi connectivity index (χ4v) is 2.54. The van der Waals surface area contributed by atoms with E-state index < -0.39 is 0 Å². The van der Waals surface area contributed by atoms with E-state index in [4.69, 9.17) is 4.74 Å². The first kappa shape index (κ1) is 23.4. The quantitative estimate of drug-likeness (QED) is 0.212. The molecule has 0 rings (SSSR count). The Labute approximate surface area is 152 Å². The van der Waals surface area contributed by atoms with Crippen LogP contribution in [0.1, 0.15) is 84.0 Å². The van der Waals surface area contributed by atoms with Crippen LogP contribution >= 0.6 is 0 Å². The van der Waals surface area contributed by atoms with Crippen LogP contribution in [-0.4, -0.2) is 38.8 Å². The molecule has 0 amide bonds. The van der Waals surface area contributed by atoms with Crippen LogP contribution in [0.5, 0.6) is 0 Å². The van der Waals surface area contributed by atoms with Gasteiger partial charge in [-0.1, -0.05) is 69.8 Å². The monoisotopic (exact) mass is 337 g/mol. The Balaban J connectivity index is 3.12. The van der Waals surface area contributed by atoms with Gasteiger partial charge in [0.25, 0.3) is 0 Å². The van der Waals surface area contributed by atoms with Crippen molar-refractivity contribution in [2.75, 3.05) is 33.9 Å². The number of rotatable bonds is 18. The van der Waals surface area contributed by atoms with Crippen molar-refractivity contribution >= 4 is 0 Å². The lowest BCUT2D eigenvalue weighted by Crippen LogP contribution is -2.18. The smallest absolute Gasteiger partial charge is 0.0593 e. The lowest BCUT2D eigenvalue weighted by Gasteiger charge is -2.09. The Morgan fingerprint density at radius 1 is 0.667 bits per heavy atom. The minimum atomic E-state index is 0.868. The molecule has 0 unspecified atom stereocenters. The molecule has 0 aliphatic rings. The summed E-state index contributed by atoms with van der Waals surface area (Å²) in [5.41, 5.74) is 0. The van der Waals surface area contributed by atoms with Crippen molar-refractivity contribution in [3.63, 3.8) is 0 Å². The molecule has 0 fully saturated rings. The van der Waals surface area contributed by atoms with Crippen LogP contribution in [0, 0.1) is 0 Å². The highest BCUT2D eigenvalue weighted by atomic mass is 16.5. The zero-order valence-electron chi connectivity index (χ0n) is 16.8. The Hall–Kier alpha value is -0.600. The lowest BCUT2D eigenvalue weighted by atomic mass is 10.1. The van der Waals surface area contributed by atoms with E-state index in [1.165, 1.54) is 70.6 Å². The predicted octanol–water partition coefficient (Wildman–Crippen LogP) is 6.38. The number of unbranched alkanes of at least 4 members (excludes halogenated alkanes) is 9. The summed E-state index contributed by atoms with van der Waals surface area (Å²) in [6.45, 7) is 5.09. The Morgan fingerprint density at radius 3 is 1.88 bits per heavy atom. The van der Waals surface area contributed by atoms with Gasteiger partial charge in [0.15, 0.2) is 0 Å². The predicted molar refractivity (Wildman–Crippen MR) is 109 cm³/mol. The topological polar surface area (TPSA) is 12.5 Å². The molecule has 142 valence electrons. The summed E-state index contributed by atoms with van der Waals surface area (Å²) in [5.74, 6) is 0. The van der Waals surface area contributed by atoms with Crippen LogP contribution in [0.25, 0.3) is 0 Å². The van der Waals surface area contributed by atoms with Gasteiger partial charge in [0.2, 0.25) is 0 Å². The third-order valence-electron chi connectivity index (χ3n) is 4.17. The third kappa shape index (κ3) is 21.4. The molecule has 0 aliphatic carbocycles. The summed E-state index contributed by atoms with van der Waals surface area (Å²) >= 11 is 0. The molecule has 2 nitrogen and oxygen atoms in total. The van der Waals surface area contributed by atoms with Crippen LogP contribution in [0.15, 0.2) is 24.3 Å². The summed E-state index contributed by atoms with van der Waals surface area (Å²) in [7, 11) is 4.17. The number of ether oxygens (including phenoxy) is 1. The van der Waals surface area contributed by atoms with E-state index in [9.17, 15) is 0 Å². The number of likely N-dealkylation sites (N-methyl/N-ethyl adjacent to an activating group) is 1.